The molecule has 0 atom stereocenters. The fraction of sp³-hybridized carbons (Fsp3) is 0.462. The number of carbonyl (C=O) groups excluding carboxylic acids is 1. The number of aliphatic imine (C=N–C) groups is 1. The molecule has 0 unspecified atom stereocenters. The van der Waals surface area contributed by atoms with Crippen molar-refractivity contribution in [2.75, 3.05) is 7.11 Å². The molecule has 0 heterocycles. The minimum atomic E-state index is 0.361. The minimum Gasteiger partial charge on any atom is -0.496 e. The predicted molar refractivity (Wildman–Crippen MR) is 61.5 cm³/mol. The van der Waals surface area contributed by atoms with Gasteiger partial charge in [0.2, 0.25) is 6.08 Å². The molecule has 1 aromatic carbocycles. The van der Waals surface area contributed by atoms with Gasteiger partial charge in [-0.15, -0.1) is 0 Å². The predicted octanol–water partition coefficient (Wildman–Crippen LogP) is 2.41. The molecule has 0 fully saturated rings. The number of aryl methyl sites for hydroxylation is 2. The highest BCUT2D eigenvalue weighted by Gasteiger charge is 2.13. The molecule has 1 aliphatic carbocycles. The molecule has 0 amide bonds. The van der Waals surface area contributed by atoms with Gasteiger partial charge in [-0.3, -0.25) is 0 Å². The van der Waals surface area contributed by atoms with Gasteiger partial charge in [0.15, 0.2) is 0 Å². The lowest BCUT2D eigenvalue weighted by molar-refractivity contribution is 0.408. The van der Waals surface area contributed by atoms with Crippen molar-refractivity contribution >= 4 is 6.08 Å². The Morgan fingerprint density at radius 1 is 1.31 bits per heavy atom. The molecule has 1 aromatic rings. The zero-order valence-electron chi connectivity index (χ0n) is 9.45. The van der Waals surface area contributed by atoms with Gasteiger partial charge in [0.25, 0.3) is 0 Å². The topological polar surface area (TPSA) is 38.7 Å². The van der Waals surface area contributed by atoms with Crippen molar-refractivity contribution in [2.45, 2.75) is 32.2 Å². The third-order valence-electron chi connectivity index (χ3n) is 3.06. The van der Waals surface area contributed by atoms with Gasteiger partial charge < -0.3 is 4.74 Å². The molecule has 0 aliphatic heterocycles. The number of ether oxygens (including phenoxy) is 1. The van der Waals surface area contributed by atoms with Crippen molar-refractivity contribution in [2.24, 2.45) is 4.99 Å². The Kier molecular flexibility index (Phi) is 3.37. The third kappa shape index (κ3) is 2.15. The molecule has 1 aliphatic rings. The smallest absolute Gasteiger partial charge is 0.235 e. The van der Waals surface area contributed by atoms with Gasteiger partial charge in [-0.05, 0) is 48.9 Å². The summed E-state index contributed by atoms with van der Waals surface area (Å²) in [6.07, 6.45) is 6.31. The quantitative estimate of drug-likeness (QED) is 0.576. The van der Waals surface area contributed by atoms with Crippen LogP contribution in [0.25, 0.3) is 0 Å². The van der Waals surface area contributed by atoms with Crippen molar-refractivity contribution in [1.29, 1.82) is 0 Å². The van der Waals surface area contributed by atoms with E-state index in [1.54, 1.807) is 13.2 Å². The van der Waals surface area contributed by atoms with Gasteiger partial charge in [0.05, 0.1) is 13.7 Å². The lowest BCUT2D eigenvalue weighted by atomic mass is 9.90. The molecule has 16 heavy (non-hydrogen) atoms. The summed E-state index contributed by atoms with van der Waals surface area (Å²) in [6.45, 7) is 0.361. The van der Waals surface area contributed by atoms with Crippen molar-refractivity contribution < 1.29 is 9.53 Å². The first-order valence-electron chi connectivity index (χ1n) is 5.57. The maximum absolute atomic E-state index is 10.1. The highest BCUT2D eigenvalue weighted by atomic mass is 16.5. The van der Waals surface area contributed by atoms with Gasteiger partial charge in [0.1, 0.15) is 5.75 Å². The Hall–Kier alpha value is -1.60. The second kappa shape index (κ2) is 4.95. The minimum absolute atomic E-state index is 0.361. The SMILES string of the molecule is COc1cc2c(cc1CN=C=O)CCCC2. The molecule has 0 bridgehead atoms. The Balaban J connectivity index is 2.38. The molecule has 3 nitrogen and oxygen atoms in total. The molecule has 0 saturated heterocycles. The number of hydrogen-bond acceptors (Lipinski definition) is 3. The molecule has 0 spiro atoms. The Labute approximate surface area is 95.2 Å². The molecular weight excluding hydrogens is 202 g/mol. The van der Waals surface area contributed by atoms with Crippen molar-refractivity contribution in [3.05, 3.63) is 28.8 Å². The first-order chi connectivity index (χ1) is 7.85. The number of isocyanates is 1. The van der Waals surface area contributed by atoms with E-state index in [0.717, 1.165) is 24.2 Å². The second-order valence-electron chi connectivity index (χ2n) is 4.05. The standard InChI is InChI=1S/C13H15NO2/c1-16-13-7-11-5-3-2-4-10(11)6-12(13)8-14-9-15/h6-7H,2-5,8H2,1H3. The van der Waals surface area contributed by atoms with Crippen LogP contribution in [0.3, 0.4) is 0 Å². The van der Waals surface area contributed by atoms with E-state index >= 15 is 0 Å². The lowest BCUT2D eigenvalue weighted by Crippen LogP contribution is -2.05. The van der Waals surface area contributed by atoms with E-state index in [1.165, 1.54) is 24.0 Å². The summed E-state index contributed by atoms with van der Waals surface area (Å²) >= 11 is 0. The molecule has 0 aromatic heterocycles. The van der Waals surface area contributed by atoms with Gasteiger partial charge in [0, 0.05) is 5.56 Å². The first-order valence-corrected chi connectivity index (χ1v) is 5.57. The molecule has 84 valence electrons. The summed E-state index contributed by atoms with van der Waals surface area (Å²) in [5.74, 6) is 0.833. The monoisotopic (exact) mass is 217 g/mol. The van der Waals surface area contributed by atoms with E-state index in [1.807, 2.05) is 0 Å². The molecule has 0 N–H and O–H groups in total. The van der Waals surface area contributed by atoms with E-state index in [-0.39, 0.29) is 0 Å². The van der Waals surface area contributed by atoms with Crippen LogP contribution in [-0.2, 0) is 24.2 Å². The normalized spacial score (nSPS) is 13.8. The van der Waals surface area contributed by atoms with Gasteiger partial charge in [-0.1, -0.05) is 0 Å². The molecule has 3 heteroatoms. The number of rotatable bonds is 3. The molecule has 2 rings (SSSR count). The average molecular weight is 217 g/mol. The summed E-state index contributed by atoms with van der Waals surface area (Å²) in [5, 5.41) is 0. The largest absolute Gasteiger partial charge is 0.496 e. The average Bonchev–Trinajstić information content (AvgIpc) is 2.35. The number of benzene rings is 1. The van der Waals surface area contributed by atoms with Crippen LogP contribution in [-0.4, -0.2) is 13.2 Å². The lowest BCUT2D eigenvalue weighted by Gasteiger charge is -2.18. The van der Waals surface area contributed by atoms with Crippen LogP contribution in [0.2, 0.25) is 0 Å². The second-order valence-corrected chi connectivity index (χ2v) is 4.05. The fourth-order valence-electron chi connectivity index (χ4n) is 2.25. The van der Waals surface area contributed by atoms with Gasteiger partial charge in [-0.2, -0.15) is 0 Å². The number of hydrogen-bond donors (Lipinski definition) is 0. The Morgan fingerprint density at radius 3 is 2.62 bits per heavy atom. The van der Waals surface area contributed by atoms with Crippen LogP contribution in [0.1, 0.15) is 29.5 Å². The zero-order chi connectivity index (χ0) is 11.4. The van der Waals surface area contributed by atoms with Gasteiger partial charge >= 0.3 is 0 Å². The van der Waals surface area contributed by atoms with Crippen LogP contribution in [0.15, 0.2) is 17.1 Å². The van der Waals surface area contributed by atoms with Crippen LogP contribution in [0, 0.1) is 0 Å². The van der Waals surface area contributed by atoms with E-state index in [0.29, 0.717) is 6.54 Å². The number of fused-ring (bicyclic) bond motifs is 1. The molecule has 0 saturated carbocycles. The summed E-state index contributed by atoms with van der Waals surface area (Å²) in [7, 11) is 1.65. The maximum Gasteiger partial charge on any atom is 0.235 e. The van der Waals surface area contributed by atoms with Crippen molar-refractivity contribution in [3.8, 4) is 5.75 Å². The Morgan fingerprint density at radius 2 is 2.00 bits per heavy atom. The van der Waals surface area contributed by atoms with Crippen LogP contribution in [0.4, 0.5) is 0 Å². The highest BCUT2D eigenvalue weighted by Crippen LogP contribution is 2.29. The molecule has 0 radical (unpaired) electrons. The third-order valence-corrected chi connectivity index (χ3v) is 3.06. The summed E-state index contributed by atoms with van der Waals surface area (Å²) < 4.78 is 5.32. The summed E-state index contributed by atoms with van der Waals surface area (Å²) in [5.41, 5.74) is 3.73. The number of methoxy groups -OCH3 is 1. The van der Waals surface area contributed by atoms with E-state index in [4.69, 9.17) is 4.74 Å². The first kappa shape index (κ1) is 10.9. The maximum atomic E-state index is 10.1. The van der Waals surface area contributed by atoms with Gasteiger partial charge in [-0.25, -0.2) is 9.79 Å². The van der Waals surface area contributed by atoms with E-state index in [9.17, 15) is 4.79 Å². The Bertz CT molecular complexity index is 434. The van der Waals surface area contributed by atoms with Crippen LogP contribution < -0.4 is 4.74 Å². The summed E-state index contributed by atoms with van der Waals surface area (Å²) in [4.78, 5) is 13.7. The van der Waals surface area contributed by atoms with E-state index in [2.05, 4.69) is 17.1 Å². The summed E-state index contributed by atoms with van der Waals surface area (Å²) in [6, 6.07) is 4.21. The van der Waals surface area contributed by atoms with Crippen LogP contribution >= 0.6 is 0 Å². The zero-order valence-corrected chi connectivity index (χ0v) is 9.45. The highest BCUT2D eigenvalue weighted by molar-refractivity contribution is 5.45. The molecular formula is C13H15NO2. The van der Waals surface area contributed by atoms with Crippen molar-refractivity contribution in [1.82, 2.24) is 0 Å². The van der Waals surface area contributed by atoms with Crippen molar-refractivity contribution in [3.63, 3.8) is 0 Å². The van der Waals surface area contributed by atoms with Crippen LogP contribution in [0.5, 0.6) is 5.75 Å². The number of nitrogens with zero attached hydrogens (tertiary/aromatic N) is 1. The fourth-order valence-corrected chi connectivity index (χ4v) is 2.25. The van der Waals surface area contributed by atoms with E-state index < -0.39 is 0 Å².